The normalized spacial score (nSPS) is 10.9. The van der Waals surface area contributed by atoms with Crippen LogP contribution in [0.4, 0.5) is 0 Å². The molecule has 0 spiro atoms. The molecule has 0 radical (unpaired) electrons. The van der Waals surface area contributed by atoms with Gasteiger partial charge in [0.25, 0.3) is 0 Å². The lowest BCUT2D eigenvalue weighted by molar-refractivity contribution is 0.319. The van der Waals surface area contributed by atoms with Crippen molar-refractivity contribution in [1.82, 2.24) is 0 Å². The van der Waals surface area contributed by atoms with Crippen LogP contribution >= 0.6 is 15.9 Å². The third kappa shape index (κ3) is 3.32. The standard InChI is InChI=1S/C19H17BrO3/c1-13-18(21)16-5-2-3-6-17(16)23-19(13)14-7-9-15(10-8-14)22-12-4-11-20/h2-3,5-10H,4,11-12H2,1H3. The van der Waals surface area contributed by atoms with E-state index in [1.807, 2.05) is 42.5 Å². The lowest BCUT2D eigenvalue weighted by atomic mass is 10.1. The molecule has 0 aliphatic carbocycles. The molecule has 0 aliphatic rings. The van der Waals surface area contributed by atoms with Gasteiger partial charge in [-0.3, -0.25) is 4.79 Å². The topological polar surface area (TPSA) is 39.4 Å². The van der Waals surface area contributed by atoms with Crippen molar-refractivity contribution in [2.45, 2.75) is 13.3 Å². The average molecular weight is 373 g/mol. The van der Waals surface area contributed by atoms with E-state index in [1.165, 1.54) is 0 Å². The molecule has 0 unspecified atom stereocenters. The zero-order chi connectivity index (χ0) is 16.2. The number of halogens is 1. The number of rotatable bonds is 5. The van der Waals surface area contributed by atoms with E-state index in [9.17, 15) is 4.79 Å². The van der Waals surface area contributed by atoms with Gasteiger partial charge in [0.2, 0.25) is 0 Å². The predicted molar refractivity (Wildman–Crippen MR) is 96.6 cm³/mol. The first kappa shape index (κ1) is 15.8. The van der Waals surface area contributed by atoms with Crippen LogP contribution in [0.2, 0.25) is 0 Å². The first-order valence-corrected chi connectivity index (χ1v) is 8.64. The molecule has 0 saturated heterocycles. The Morgan fingerprint density at radius 1 is 1.09 bits per heavy atom. The van der Waals surface area contributed by atoms with E-state index >= 15 is 0 Å². The van der Waals surface area contributed by atoms with E-state index < -0.39 is 0 Å². The molecular formula is C19H17BrO3. The van der Waals surface area contributed by atoms with Gasteiger partial charge in [0.1, 0.15) is 17.1 Å². The molecule has 118 valence electrons. The second-order valence-electron chi connectivity index (χ2n) is 5.30. The van der Waals surface area contributed by atoms with Gasteiger partial charge in [-0.1, -0.05) is 28.1 Å². The van der Waals surface area contributed by atoms with Crippen LogP contribution in [0.1, 0.15) is 12.0 Å². The second kappa shape index (κ2) is 7.01. The predicted octanol–water partition coefficient (Wildman–Crippen LogP) is 4.93. The Hall–Kier alpha value is -2.07. The van der Waals surface area contributed by atoms with Crippen LogP contribution in [0.3, 0.4) is 0 Å². The molecule has 3 aromatic rings. The molecule has 0 fully saturated rings. The number of hydrogen-bond acceptors (Lipinski definition) is 3. The third-order valence-corrected chi connectivity index (χ3v) is 4.25. The highest BCUT2D eigenvalue weighted by atomic mass is 79.9. The molecule has 23 heavy (non-hydrogen) atoms. The number of para-hydroxylation sites is 1. The Labute approximate surface area is 143 Å². The molecule has 4 heteroatoms. The second-order valence-corrected chi connectivity index (χ2v) is 6.09. The smallest absolute Gasteiger partial charge is 0.196 e. The Kier molecular flexibility index (Phi) is 4.82. The van der Waals surface area contributed by atoms with Gasteiger partial charge in [0, 0.05) is 16.5 Å². The van der Waals surface area contributed by atoms with Crippen LogP contribution in [0.25, 0.3) is 22.3 Å². The van der Waals surface area contributed by atoms with E-state index in [4.69, 9.17) is 9.15 Å². The van der Waals surface area contributed by atoms with Gasteiger partial charge in [0.15, 0.2) is 5.43 Å². The molecule has 0 bridgehead atoms. The fraction of sp³-hybridized carbons (Fsp3) is 0.211. The lowest BCUT2D eigenvalue weighted by Crippen LogP contribution is -2.07. The van der Waals surface area contributed by atoms with Crippen molar-refractivity contribution in [1.29, 1.82) is 0 Å². The van der Waals surface area contributed by atoms with Crippen LogP contribution in [0, 0.1) is 6.92 Å². The van der Waals surface area contributed by atoms with Crippen molar-refractivity contribution < 1.29 is 9.15 Å². The molecule has 0 amide bonds. The van der Waals surface area contributed by atoms with E-state index in [0.717, 1.165) is 23.1 Å². The summed E-state index contributed by atoms with van der Waals surface area (Å²) in [6, 6.07) is 15.0. The quantitative estimate of drug-likeness (QED) is 0.470. The maximum absolute atomic E-state index is 12.5. The van der Waals surface area contributed by atoms with Gasteiger partial charge >= 0.3 is 0 Å². The van der Waals surface area contributed by atoms with Crippen LogP contribution < -0.4 is 10.2 Å². The van der Waals surface area contributed by atoms with Crippen LogP contribution in [-0.4, -0.2) is 11.9 Å². The van der Waals surface area contributed by atoms with Gasteiger partial charge in [0.05, 0.1) is 12.0 Å². The molecule has 1 heterocycles. The number of hydrogen-bond donors (Lipinski definition) is 0. The summed E-state index contributed by atoms with van der Waals surface area (Å²) >= 11 is 3.38. The Morgan fingerprint density at radius 3 is 2.57 bits per heavy atom. The van der Waals surface area contributed by atoms with Crippen molar-refractivity contribution in [2.24, 2.45) is 0 Å². The van der Waals surface area contributed by atoms with Crippen molar-refractivity contribution >= 4 is 26.9 Å². The number of ether oxygens (including phenoxy) is 1. The summed E-state index contributed by atoms with van der Waals surface area (Å²) in [6.07, 6.45) is 0.959. The van der Waals surface area contributed by atoms with Crippen molar-refractivity contribution in [3.63, 3.8) is 0 Å². The number of fused-ring (bicyclic) bond motifs is 1. The minimum Gasteiger partial charge on any atom is -0.494 e. The zero-order valence-electron chi connectivity index (χ0n) is 12.8. The maximum atomic E-state index is 12.5. The van der Waals surface area contributed by atoms with Crippen molar-refractivity contribution in [3.8, 4) is 17.1 Å². The zero-order valence-corrected chi connectivity index (χ0v) is 14.4. The Balaban J connectivity index is 1.97. The van der Waals surface area contributed by atoms with Crippen LogP contribution in [-0.2, 0) is 0 Å². The monoisotopic (exact) mass is 372 g/mol. The largest absolute Gasteiger partial charge is 0.494 e. The number of benzene rings is 2. The fourth-order valence-corrected chi connectivity index (χ4v) is 2.69. The minimum atomic E-state index is 0.0134. The summed E-state index contributed by atoms with van der Waals surface area (Å²) in [5.74, 6) is 1.43. The summed E-state index contributed by atoms with van der Waals surface area (Å²) < 4.78 is 11.6. The first-order chi connectivity index (χ1) is 11.2. The van der Waals surface area contributed by atoms with Gasteiger partial charge in [-0.2, -0.15) is 0 Å². The molecule has 0 atom stereocenters. The lowest BCUT2D eigenvalue weighted by Gasteiger charge is -2.09. The van der Waals surface area contributed by atoms with E-state index in [2.05, 4.69) is 15.9 Å². The van der Waals surface area contributed by atoms with Crippen LogP contribution in [0.5, 0.6) is 5.75 Å². The van der Waals surface area contributed by atoms with Gasteiger partial charge in [-0.05, 0) is 49.7 Å². The summed E-state index contributed by atoms with van der Waals surface area (Å²) in [5.41, 5.74) is 2.12. The average Bonchev–Trinajstić information content (AvgIpc) is 2.59. The molecular weight excluding hydrogens is 356 g/mol. The first-order valence-electron chi connectivity index (χ1n) is 7.52. The van der Waals surface area contributed by atoms with E-state index in [-0.39, 0.29) is 5.43 Å². The Bertz CT molecular complexity index is 866. The maximum Gasteiger partial charge on any atom is 0.196 e. The summed E-state index contributed by atoms with van der Waals surface area (Å²) in [6.45, 7) is 2.47. The minimum absolute atomic E-state index is 0.0134. The molecule has 3 rings (SSSR count). The van der Waals surface area contributed by atoms with E-state index in [1.54, 1.807) is 13.0 Å². The van der Waals surface area contributed by atoms with Gasteiger partial charge < -0.3 is 9.15 Å². The summed E-state index contributed by atoms with van der Waals surface area (Å²) in [5, 5.41) is 1.54. The highest BCUT2D eigenvalue weighted by Gasteiger charge is 2.12. The third-order valence-electron chi connectivity index (χ3n) is 3.69. The van der Waals surface area contributed by atoms with Gasteiger partial charge in [-0.25, -0.2) is 0 Å². The van der Waals surface area contributed by atoms with Gasteiger partial charge in [-0.15, -0.1) is 0 Å². The molecule has 2 aromatic carbocycles. The summed E-state index contributed by atoms with van der Waals surface area (Å²) in [7, 11) is 0. The SMILES string of the molecule is Cc1c(-c2ccc(OCCCBr)cc2)oc2ccccc2c1=O. The number of alkyl halides is 1. The molecule has 1 aromatic heterocycles. The Morgan fingerprint density at radius 2 is 1.83 bits per heavy atom. The van der Waals surface area contributed by atoms with Crippen LogP contribution in [0.15, 0.2) is 57.7 Å². The van der Waals surface area contributed by atoms with Crippen molar-refractivity contribution in [3.05, 3.63) is 64.3 Å². The summed E-state index contributed by atoms with van der Waals surface area (Å²) in [4.78, 5) is 12.5. The highest BCUT2D eigenvalue weighted by Crippen LogP contribution is 2.27. The fourth-order valence-electron chi connectivity index (χ4n) is 2.46. The molecule has 0 N–H and O–H groups in total. The molecule has 0 aliphatic heterocycles. The molecule has 3 nitrogen and oxygen atoms in total. The van der Waals surface area contributed by atoms with E-state index in [0.29, 0.717) is 28.9 Å². The van der Waals surface area contributed by atoms with Crippen molar-refractivity contribution in [2.75, 3.05) is 11.9 Å². The molecule has 0 saturated carbocycles. The highest BCUT2D eigenvalue weighted by molar-refractivity contribution is 9.09.